The van der Waals surface area contributed by atoms with E-state index < -0.39 is 0 Å². The summed E-state index contributed by atoms with van der Waals surface area (Å²) < 4.78 is 0. The summed E-state index contributed by atoms with van der Waals surface area (Å²) in [4.78, 5) is 4.51. The third-order valence-electron chi connectivity index (χ3n) is 1.97. The smallest absolute Gasteiger partial charge is 0.191 e. The largest absolute Gasteiger partial charge is 0.357 e. The molecule has 0 heterocycles. The van der Waals surface area contributed by atoms with Crippen molar-refractivity contribution in [2.45, 2.75) is 33.1 Å². The number of hydrogen-bond acceptors (Lipinski definition) is 2. The van der Waals surface area contributed by atoms with Crippen molar-refractivity contribution in [3.8, 4) is 0 Å². The summed E-state index contributed by atoms with van der Waals surface area (Å²) >= 11 is 1.85. The second-order valence-electron chi connectivity index (χ2n) is 3.39. The number of thioether (sulfide) groups is 1. The van der Waals surface area contributed by atoms with Crippen LogP contribution in [0.4, 0.5) is 0 Å². The van der Waals surface area contributed by atoms with E-state index in [0.29, 0.717) is 0 Å². The molecule has 0 aromatic heterocycles. The lowest BCUT2D eigenvalue weighted by Crippen LogP contribution is -2.38. The van der Waals surface area contributed by atoms with E-state index in [2.05, 4.69) is 35.7 Å². The highest BCUT2D eigenvalue weighted by Crippen LogP contribution is 1.93. The zero-order valence-electron chi connectivity index (χ0n) is 10.3. The summed E-state index contributed by atoms with van der Waals surface area (Å²) in [5.41, 5.74) is 0. The number of nitrogens with one attached hydrogen (secondary N) is 2. The van der Waals surface area contributed by atoms with Gasteiger partial charge in [0.2, 0.25) is 0 Å². The number of unbranched alkanes of at least 4 members (excludes halogenated alkanes) is 2. The molecule has 0 unspecified atom stereocenters. The quantitative estimate of drug-likeness (QED) is 0.381. The summed E-state index contributed by atoms with van der Waals surface area (Å²) in [6, 6.07) is 0. The first-order valence-electron chi connectivity index (χ1n) is 5.86. The Hall–Kier alpha value is -0.380. The van der Waals surface area contributed by atoms with E-state index in [1.807, 2.05) is 11.8 Å². The summed E-state index contributed by atoms with van der Waals surface area (Å²) in [6.07, 6.45) is 5.84. The van der Waals surface area contributed by atoms with Crippen LogP contribution >= 0.6 is 11.8 Å². The Bertz CT molecular complexity index is 160. The molecule has 4 heteroatoms. The highest BCUT2D eigenvalue weighted by Gasteiger charge is 1.94. The first kappa shape index (κ1) is 14.6. The summed E-state index contributed by atoms with van der Waals surface area (Å²) in [7, 11) is 0. The van der Waals surface area contributed by atoms with Crippen LogP contribution in [0, 0.1) is 0 Å². The van der Waals surface area contributed by atoms with E-state index in [1.165, 1.54) is 19.3 Å². The number of guanidine groups is 1. The molecule has 90 valence electrons. The van der Waals surface area contributed by atoms with Gasteiger partial charge in [0.15, 0.2) is 5.96 Å². The molecule has 0 spiro atoms. The number of aliphatic imine (C=N–C) groups is 1. The van der Waals surface area contributed by atoms with Gasteiger partial charge in [0.25, 0.3) is 0 Å². The molecule has 0 amide bonds. The molecule has 3 nitrogen and oxygen atoms in total. The molecule has 0 rings (SSSR count). The standard InChI is InChI=1S/C11H25N3S/c1-4-6-7-8-13-11(12-5-2)14-9-10-15-3/h4-10H2,1-3H3,(H2,12,13,14). The van der Waals surface area contributed by atoms with Crippen LogP contribution in [-0.4, -0.2) is 37.6 Å². The van der Waals surface area contributed by atoms with E-state index in [0.717, 1.165) is 31.3 Å². The van der Waals surface area contributed by atoms with Crippen molar-refractivity contribution in [1.82, 2.24) is 10.6 Å². The van der Waals surface area contributed by atoms with Gasteiger partial charge in [-0.2, -0.15) is 11.8 Å². The highest BCUT2D eigenvalue weighted by molar-refractivity contribution is 7.98. The molecule has 0 saturated carbocycles. The van der Waals surface area contributed by atoms with Gasteiger partial charge >= 0.3 is 0 Å². The van der Waals surface area contributed by atoms with Gasteiger partial charge in [-0.25, -0.2) is 0 Å². The first-order valence-corrected chi connectivity index (χ1v) is 7.25. The van der Waals surface area contributed by atoms with E-state index >= 15 is 0 Å². The van der Waals surface area contributed by atoms with Gasteiger partial charge in [-0.15, -0.1) is 0 Å². The second-order valence-corrected chi connectivity index (χ2v) is 4.37. The molecule has 0 saturated heterocycles. The SMILES string of the molecule is CCCCCN=C(NCC)NCCSC. The molecular weight excluding hydrogens is 206 g/mol. The fourth-order valence-corrected chi connectivity index (χ4v) is 1.47. The molecule has 0 bridgehead atoms. The van der Waals surface area contributed by atoms with Crippen molar-refractivity contribution in [3.05, 3.63) is 0 Å². The number of rotatable bonds is 8. The van der Waals surface area contributed by atoms with Crippen molar-refractivity contribution >= 4 is 17.7 Å². The van der Waals surface area contributed by atoms with Crippen molar-refractivity contribution in [2.75, 3.05) is 31.6 Å². The zero-order valence-corrected chi connectivity index (χ0v) is 11.1. The molecule has 15 heavy (non-hydrogen) atoms. The van der Waals surface area contributed by atoms with Gasteiger partial charge in [-0.3, -0.25) is 4.99 Å². The monoisotopic (exact) mass is 231 g/mol. The number of nitrogens with zero attached hydrogens (tertiary/aromatic N) is 1. The Morgan fingerprint density at radius 1 is 1.20 bits per heavy atom. The highest BCUT2D eigenvalue weighted by atomic mass is 32.2. The minimum atomic E-state index is 0.929. The Balaban J connectivity index is 3.68. The minimum Gasteiger partial charge on any atom is -0.357 e. The number of hydrogen-bond donors (Lipinski definition) is 2. The lowest BCUT2D eigenvalue weighted by molar-refractivity contribution is 0.719. The van der Waals surface area contributed by atoms with Crippen molar-refractivity contribution in [3.63, 3.8) is 0 Å². The van der Waals surface area contributed by atoms with Crippen LogP contribution in [0.3, 0.4) is 0 Å². The lowest BCUT2D eigenvalue weighted by atomic mass is 10.2. The third-order valence-corrected chi connectivity index (χ3v) is 2.59. The molecule has 2 N–H and O–H groups in total. The van der Waals surface area contributed by atoms with E-state index in [9.17, 15) is 0 Å². The van der Waals surface area contributed by atoms with Crippen molar-refractivity contribution in [2.24, 2.45) is 4.99 Å². The van der Waals surface area contributed by atoms with Crippen LogP contribution in [0.1, 0.15) is 33.1 Å². The normalized spacial score (nSPS) is 11.5. The van der Waals surface area contributed by atoms with Gasteiger partial charge in [-0.05, 0) is 19.6 Å². The van der Waals surface area contributed by atoms with E-state index in [-0.39, 0.29) is 0 Å². The molecule has 0 aromatic carbocycles. The van der Waals surface area contributed by atoms with Crippen molar-refractivity contribution in [1.29, 1.82) is 0 Å². The predicted molar refractivity (Wildman–Crippen MR) is 71.9 cm³/mol. The second kappa shape index (κ2) is 11.7. The maximum atomic E-state index is 4.51. The van der Waals surface area contributed by atoms with Gasteiger partial charge < -0.3 is 10.6 Å². The van der Waals surface area contributed by atoms with Crippen LogP contribution in [0.15, 0.2) is 4.99 Å². The molecule has 0 aliphatic rings. The fourth-order valence-electron chi connectivity index (χ4n) is 1.17. The fraction of sp³-hybridized carbons (Fsp3) is 0.909. The topological polar surface area (TPSA) is 36.4 Å². The molecule has 0 aromatic rings. The zero-order chi connectivity index (χ0) is 11.4. The molecule has 0 aliphatic carbocycles. The Kier molecular flexibility index (Phi) is 11.4. The Labute approximate surface area is 98.5 Å². The minimum absolute atomic E-state index is 0.929. The molecule has 0 aliphatic heterocycles. The van der Waals surface area contributed by atoms with Gasteiger partial charge in [0.1, 0.15) is 0 Å². The third kappa shape index (κ3) is 9.91. The van der Waals surface area contributed by atoms with Crippen molar-refractivity contribution < 1.29 is 0 Å². The molecule has 0 atom stereocenters. The summed E-state index contributed by atoms with van der Waals surface area (Å²) in [5, 5.41) is 6.56. The first-order chi connectivity index (χ1) is 7.35. The predicted octanol–water partition coefficient (Wildman–Crippen LogP) is 2.09. The van der Waals surface area contributed by atoms with Gasteiger partial charge in [-0.1, -0.05) is 19.8 Å². The lowest BCUT2D eigenvalue weighted by Gasteiger charge is -2.10. The average molecular weight is 231 g/mol. The summed E-state index contributed by atoms with van der Waals surface area (Å²) in [5.74, 6) is 2.09. The van der Waals surface area contributed by atoms with Crippen LogP contribution in [0.2, 0.25) is 0 Å². The van der Waals surface area contributed by atoms with Crippen LogP contribution in [0.5, 0.6) is 0 Å². The van der Waals surface area contributed by atoms with Crippen LogP contribution in [0.25, 0.3) is 0 Å². The maximum absolute atomic E-state index is 4.51. The van der Waals surface area contributed by atoms with E-state index in [4.69, 9.17) is 0 Å². The Morgan fingerprint density at radius 2 is 2.00 bits per heavy atom. The Morgan fingerprint density at radius 3 is 2.60 bits per heavy atom. The average Bonchev–Trinajstić information content (AvgIpc) is 2.24. The van der Waals surface area contributed by atoms with Gasteiger partial charge in [0, 0.05) is 25.4 Å². The maximum Gasteiger partial charge on any atom is 0.191 e. The molecular formula is C11H25N3S. The van der Waals surface area contributed by atoms with Crippen LogP contribution < -0.4 is 10.6 Å². The molecule has 0 fully saturated rings. The molecule has 0 radical (unpaired) electrons. The summed E-state index contributed by atoms with van der Waals surface area (Å²) in [6.45, 7) is 7.16. The van der Waals surface area contributed by atoms with Gasteiger partial charge in [0.05, 0.1) is 0 Å². The van der Waals surface area contributed by atoms with E-state index in [1.54, 1.807) is 0 Å². The van der Waals surface area contributed by atoms with Crippen LogP contribution in [-0.2, 0) is 0 Å².